The lowest BCUT2D eigenvalue weighted by Crippen LogP contribution is -2.36. The topological polar surface area (TPSA) is 102 Å². The van der Waals surface area contributed by atoms with Crippen LogP contribution in [0.2, 0.25) is 0 Å². The fraction of sp³-hybridized carbons (Fsp3) is 0.571. The first-order chi connectivity index (χ1) is 13.7. The van der Waals surface area contributed by atoms with Gasteiger partial charge in [0.1, 0.15) is 5.00 Å². The number of esters is 1. The number of carboxylic acids is 1. The highest BCUT2D eigenvalue weighted by atomic mass is 32.1. The lowest BCUT2D eigenvalue weighted by atomic mass is 9.82. The highest BCUT2D eigenvalue weighted by Gasteiger charge is 2.52. The number of carbonyl (C=O) groups is 3. The van der Waals surface area contributed by atoms with Crippen molar-refractivity contribution >= 4 is 34.2 Å². The maximum Gasteiger partial charge on any atom is 0.341 e. The predicted octanol–water partition coefficient (Wildman–Crippen LogP) is 3.24. The van der Waals surface area contributed by atoms with Gasteiger partial charge < -0.3 is 19.9 Å². The van der Waals surface area contributed by atoms with Crippen LogP contribution in [0, 0.1) is 23.7 Å². The van der Waals surface area contributed by atoms with E-state index in [4.69, 9.17) is 9.47 Å². The molecule has 0 unspecified atom stereocenters. The maximum absolute atomic E-state index is 13.1. The van der Waals surface area contributed by atoms with Crippen LogP contribution in [0.3, 0.4) is 0 Å². The molecule has 0 aromatic carbocycles. The molecule has 2 N–H and O–H groups in total. The number of fused-ring (bicyclic) bond motifs is 3. The standard InChI is InChI=1S/C21H25NO6S/c1-4-27-20(26)16-12-8-21(2,3)28-9-13(12)29-18(16)22-17(23)14-10-5-6-11(7-10)15(14)19(24)25/h5-6,10-11,14-15H,4,7-9H2,1-3H3,(H,22,23)(H,24,25)/t10-,11+,14-,15-/m1/s1. The highest BCUT2D eigenvalue weighted by Crippen LogP contribution is 2.49. The first-order valence-electron chi connectivity index (χ1n) is 9.89. The second kappa shape index (κ2) is 7.25. The average Bonchev–Trinajstić information content (AvgIpc) is 3.33. The Morgan fingerprint density at radius 3 is 2.62 bits per heavy atom. The van der Waals surface area contributed by atoms with Crippen LogP contribution in [0.25, 0.3) is 0 Å². The van der Waals surface area contributed by atoms with Crippen LogP contribution in [-0.2, 0) is 32.1 Å². The van der Waals surface area contributed by atoms with Crippen molar-refractivity contribution < 1.29 is 29.0 Å². The summed E-state index contributed by atoms with van der Waals surface area (Å²) in [6.07, 6.45) is 5.07. The van der Waals surface area contributed by atoms with E-state index in [1.54, 1.807) is 6.92 Å². The summed E-state index contributed by atoms with van der Waals surface area (Å²) in [4.78, 5) is 38.4. The summed E-state index contributed by atoms with van der Waals surface area (Å²) in [6, 6.07) is 0. The van der Waals surface area contributed by atoms with Gasteiger partial charge in [0.2, 0.25) is 5.91 Å². The molecule has 4 rings (SSSR count). The molecule has 7 nitrogen and oxygen atoms in total. The summed E-state index contributed by atoms with van der Waals surface area (Å²) in [5.41, 5.74) is 0.810. The summed E-state index contributed by atoms with van der Waals surface area (Å²) < 4.78 is 11.1. The summed E-state index contributed by atoms with van der Waals surface area (Å²) in [7, 11) is 0. The van der Waals surface area contributed by atoms with E-state index in [9.17, 15) is 19.5 Å². The number of hydrogen-bond acceptors (Lipinski definition) is 6. The van der Waals surface area contributed by atoms with Crippen LogP contribution in [0.5, 0.6) is 0 Å². The molecule has 3 aliphatic rings. The Balaban J connectivity index is 1.66. The molecule has 156 valence electrons. The van der Waals surface area contributed by atoms with Crippen LogP contribution in [0.1, 0.15) is 48.0 Å². The average molecular weight is 419 g/mol. The Morgan fingerprint density at radius 1 is 1.28 bits per heavy atom. The van der Waals surface area contributed by atoms with Crippen molar-refractivity contribution in [2.75, 3.05) is 11.9 Å². The molecule has 0 spiro atoms. The zero-order valence-corrected chi connectivity index (χ0v) is 17.5. The number of allylic oxidation sites excluding steroid dienone is 2. The lowest BCUT2D eigenvalue weighted by molar-refractivity contribution is -0.146. The number of carbonyl (C=O) groups excluding carboxylic acids is 2. The van der Waals surface area contributed by atoms with Gasteiger partial charge in [-0.25, -0.2) is 4.79 Å². The van der Waals surface area contributed by atoms with Crippen LogP contribution in [0.4, 0.5) is 5.00 Å². The van der Waals surface area contributed by atoms with Crippen LogP contribution in [0.15, 0.2) is 12.2 Å². The third kappa shape index (κ3) is 3.48. The van der Waals surface area contributed by atoms with Crippen molar-refractivity contribution in [3.63, 3.8) is 0 Å². The number of carboxylic acid groups (broad SMARTS) is 1. The maximum atomic E-state index is 13.1. The number of nitrogens with one attached hydrogen (secondary N) is 1. The van der Waals surface area contributed by atoms with Gasteiger partial charge in [0, 0.05) is 11.3 Å². The zero-order chi connectivity index (χ0) is 20.9. The van der Waals surface area contributed by atoms with Crippen molar-refractivity contribution in [2.24, 2.45) is 23.7 Å². The number of anilines is 1. The van der Waals surface area contributed by atoms with Gasteiger partial charge in [-0.3, -0.25) is 9.59 Å². The molecular weight excluding hydrogens is 394 g/mol. The second-order valence-corrected chi connectivity index (χ2v) is 9.59. The molecule has 1 saturated carbocycles. The zero-order valence-electron chi connectivity index (χ0n) is 16.7. The van der Waals surface area contributed by atoms with Gasteiger partial charge in [0.25, 0.3) is 0 Å². The molecule has 2 heterocycles. The fourth-order valence-electron chi connectivity index (χ4n) is 4.77. The summed E-state index contributed by atoms with van der Waals surface area (Å²) in [5, 5.41) is 12.9. The Labute approximate surface area is 173 Å². The number of ether oxygens (including phenoxy) is 2. The molecule has 0 radical (unpaired) electrons. The summed E-state index contributed by atoms with van der Waals surface area (Å²) in [5.74, 6) is -3.32. The molecule has 1 aromatic rings. The smallest absolute Gasteiger partial charge is 0.341 e. The van der Waals surface area contributed by atoms with Gasteiger partial charge in [-0.15, -0.1) is 11.3 Å². The Hall–Kier alpha value is -2.19. The van der Waals surface area contributed by atoms with E-state index in [1.165, 1.54) is 11.3 Å². The van der Waals surface area contributed by atoms with Crippen molar-refractivity contribution in [1.29, 1.82) is 0 Å². The molecule has 29 heavy (non-hydrogen) atoms. The van der Waals surface area contributed by atoms with E-state index >= 15 is 0 Å². The van der Waals surface area contributed by atoms with Crippen molar-refractivity contribution in [2.45, 2.75) is 45.8 Å². The van der Waals surface area contributed by atoms with Crippen LogP contribution >= 0.6 is 11.3 Å². The first-order valence-corrected chi connectivity index (χ1v) is 10.7. The quantitative estimate of drug-likeness (QED) is 0.561. The minimum absolute atomic E-state index is 0.0796. The third-order valence-electron chi connectivity index (χ3n) is 6.05. The number of aliphatic carboxylic acids is 1. The molecule has 0 saturated heterocycles. The van der Waals surface area contributed by atoms with Gasteiger partial charge >= 0.3 is 11.9 Å². The summed E-state index contributed by atoms with van der Waals surface area (Å²) >= 11 is 1.31. The predicted molar refractivity (Wildman–Crippen MR) is 107 cm³/mol. The minimum Gasteiger partial charge on any atom is -0.481 e. The number of hydrogen-bond donors (Lipinski definition) is 2. The van der Waals surface area contributed by atoms with Crippen molar-refractivity contribution in [3.05, 3.63) is 28.2 Å². The van der Waals surface area contributed by atoms with E-state index in [0.717, 1.165) is 10.4 Å². The third-order valence-corrected chi connectivity index (χ3v) is 7.17. The molecule has 1 aromatic heterocycles. The largest absolute Gasteiger partial charge is 0.481 e. The SMILES string of the molecule is CCOC(=O)c1c(NC(=O)[C@H]2[C@H](C(=O)O)[C@H]3C=C[C@@H]2C3)sc2c1CC(C)(C)OC2. The molecule has 1 amide bonds. The van der Waals surface area contributed by atoms with Crippen molar-refractivity contribution in [3.8, 4) is 0 Å². The van der Waals surface area contributed by atoms with Crippen LogP contribution < -0.4 is 5.32 Å². The van der Waals surface area contributed by atoms with Gasteiger partial charge in [-0.2, -0.15) is 0 Å². The van der Waals surface area contributed by atoms with Gasteiger partial charge in [-0.05, 0) is 44.6 Å². The van der Waals surface area contributed by atoms with Gasteiger partial charge in [0.15, 0.2) is 0 Å². The normalized spacial score (nSPS) is 28.8. The number of thiophene rings is 1. The molecule has 1 fully saturated rings. The van der Waals surface area contributed by atoms with E-state index in [0.29, 0.717) is 30.0 Å². The molecule has 2 aliphatic carbocycles. The minimum atomic E-state index is -0.951. The first kappa shape index (κ1) is 20.1. The Kier molecular flexibility index (Phi) is 5.02. The van der Waals surface area contributed by atoms with Gasteiger partial charge in [-0.1, -0.05) is 12.2 Å². The van der Waals surface area contributed by atoms with Gasteiger partial charge in [0.05, 0.1) is 36.2 Å². The fourth-order valence-corrected chi connectivity index (χ4v) is 5.89. The Bertz CT molecular complexity index is 901. The Morgan fingerprint density at radius 2 is 1.97 bits per heavy atom. The van der Waals surface area contributed by atoms with E-state index < -0.39 is 29.4 Å². The second-order valence-electron chi connectivity index (χ2n) is 8.48. The molecule has 4 atom stereocenters. The summed E-state index contributed by atoms with van der Waals surface area (Å²) in [6.45, 7) is 6.25. The molecule has 2 bridgehead atoms. The van der Waals surface area contributed by atoms with E-state index in [1.807, 2.05) is 26.0 Å². The van der Waals surface area contributed by atoms with E-state index in [2.05, 4.69) is 5.32 Å². The van der Waals surface area contributed by atoms with Crippen LogP contribution in [-0.4, -0.2) is 35.2 Å². The number of rotatable bonds is 5. The molecule has 1 aliphatic heterocycles. The number of amides is 1. The monoisotopic (exact) mass is 419 g/mol. The lowest BCUT2D eigenvalue weighted by Gasteiger charge is -2.30. The molecular formula is C21H25NO6S. The van der Waals surface area contributed by atoms with E-state index in [-0.39, 0.29) is 24.3 Å². The van der Waals surface area contributed by atoms with Crippen molar-refractivity contribution in [1.82, 2.24) is 0 Å². The highest BCUT2D eigenvalue weighted by molar-refractivity contribution is 7.17. The molecule has 8 heteroatoms.